The first kappa shape index (κ1) is 22.3. The van der Waals surface area contributed by atoms with Gasteiger partial charge in [0.15, 0.2) is 5.11 Å². The maximum absolute atomic E-state index is 13.0. The van der Waals surface area contributed by atoms with Gasteiger partial charge in [0.25, 0.3) is 0 Å². The van der Waals surface area contributed by atoms with Crippen molar-refractivity contribution in [3.05, 3.63) is 52.5 Å². The molecule has 5 nitrogen and oxygen atoms in total. The van der Waals surface area contributed by atoms with E-state index in [4.69, 9.17) is 35.4 Å². The Morgan fingerprint density at radius 1 is 1.03 bits per heavy atom. The molecule has 156 valence electrons. The van der Waals surface area contributed by atoms with Crippen LogP contribution in [0.1, 0.15) is 20.3 Å². The van der Waals surface area contributed by atoms with Crippen LogP contribution < -0.4 is 10.6 Å². The summed E-state index contributed by atoms with van der Waals surface area (Å²) in [5.41, 5.74) is 1.30. The van der Waals surface area contributed by atoms with Gasteiger partial charge in [0.1, 0.15) is 0 Å². The second-order valence-corrected chi connectivity index (χ2v) is 10.7. The van der Waals surface area contributed by atoms with E-state index in [-0.39, 0.29) is 4.90 Å². The lowest BCUT2D eigenvalue weighted by atomic mass is 9.94. The summed E-state index contributed by atoms with van der Waals surface area (Å²) < 4.78 is 27.5. The van der Waals surface area contributed by atoms with Gasteiger partial charge in [-0.3, -0.25) is 0 Å². The summed E-state index contributed by atoms with van der Waals surface area (Å²) in [6.07, 6.45) is 1.05. The Morgan fingerprint density at radius 3 is 2.24 bits per heavy atom. The highest BCUT2D eigenvalue weighted by Crippen LogP contribution is 2.28. The van der Waals surface area contributed by atoms with Crippen molar-refractivity contribution < 1.29 is 8.42 Å². The molecule has 3 rings (SSSR count). The summed E-state index contributed by atoms with van der Waals surface area (Å²) in [4.78, 5) is 0.281. The second kappa shape index (κ2) is 9.18. The molecule has 0 aromatic heterocycles. The van der Waals surface area contributed by atoms with Crippen LogP contribution >= 0.6 is 35.4 Å². The zero-order valence-corrected chi connectivity index (χ0v) is 19.3. The van der Waals surface area contributed by atoms with Crippen LogP contribution in [-0.2, 0) is 10.0 Å². The number of nitrogens with zero attached hydrogens (tertiary/aromatic N) is 1. The first-order chi connectivity index (χ1) is 13.6. The van der Waals surface area contributed by atoms with E-state index in [1.54, 1.807) is 46.8 Å². The number of rotatable bonds is 4. The average molecular weight is 472 g/mol. The summed E-state index contributed by atoms with van der Waals surface area (Å²) in [5, 5.41) is 7.34. The minimum Gasteiger partial charge on any atom is -0.332 e. The smallest absolute Gasteiger partial charge is 0.243 e. The number of anilines is 2. The van der Waals surface area contributed by atoms with E-state index in [1.807, 2.05) is 0 Å². The van der Waals surface area contributed by atoms with Gasteiger partial charge in [-0.15, -0.1) is 0 Å². The predicted octanol–water partition coefficient (Wildman–Crippen LogP) is 5.47. The van der Waals surface area contributed by atoms with E-state index in [1.165, 1.54) is 0 Å². The second-order valence-electron chi connectivity index (χ2n) is 7.50. The molecule has 1 aliphatic rings. The van der Waals surface area contributed by atoms with Crippen molar-refractivity contribution in [3.63, 3.8) is 0 Å². The molecule has 0 aliphatic carbocycles. The maximum Gasteiger partial charge on any atom is 0.243 e. The molecule has 0 spiro atoms. The summed E-state index contributed by atoms with van der Waals surface area (Å²) in [7, 11) is -3.50. The van der Waals surface area contributed by atoms with Gasteiger partial charge in [0, 0.05) is 23.8 Å². The van der Waals surface area contributed by atoms with Crippen molar-refractivity contribution in [3.8, 4) is 0 Å². The summed E-state index contributed by atoms with van der Waals surface area (Å²) in [6, 6.07) is 11.6. The summed E-state index contributed by atoms with van der Waals surface area (Å²) in [5.74, 6) is 0.718. The monoisotopic (exact) mass is 471 g/mol. The van der Waals surface area contributed by atoms with Gasteiger partial charge >= 0.3 is 0 Å². The molecule has 0 bridgehead atoms. The van der Waals surface area contributed by atoms with Crippen LogP contribution in [0.4, 0.5) is 11.4 Å². The Morgan fingerprint density at radius 2 is 1.66 bits per heavy atom. The quantitative estimate of drug-likeness (QED) is 0.578. The number of halogens is 2. The number of thiocarbonyl (C=S) groups is 1. The molecular weight excluding hydrogens is 449 g/mol. The first-order valence-electron chi connectivity index (χ1n) is 9.28. The molecule has 0 radical (unpaired) electrons. The van der Waals surface area contributed by atoms with E-state index >= 15 is 0 Å². The van der Waals surface area contributed by atoms with Crippen molar-refractivity contribution in [2.45, 2.75) is 25.2 Å². The van der Waals surface area contributed by atoms with E-state index < -0.39 is 10.0 Å². The number of sulfonamides is 1. The number of hydrogen-bond donors (Lipinski definition) is 2. The molecule has 1 heterocycles. The Labute approximate surface area is 187 Å². The predicted molar refractivity (Wildman–Crippen MR) is 124 cm³/mol. The molecule has 1 fully saturated rings. The lowest BCUT2D eigenvalue weighted by Gasteiger charge is -2.34. The van der Waals surface area contributed by atoms with Crippen LogP contribution in [0.2, 0.25) is 10.0 Å². The molecule has 1 aliphatic heterocycles. The fraction of sp³-hybridized carbons (Fsp3) is 0.350. The fourth-order valence-electron chi connectivity index (χ4n) is 3.54. The van der Waals surface area contributed by atoms with Gasteiger partial charge in [-0.05, 0) is 72.9 Å². The molecule has 0 saturated carbocycles. The number of benzene rings is 2. The van der Waals surface area contributed by atoms with Gasteiger partial charge in [-0.25, -0.2) is 8.42 Å². The molecule has 0 amide bonds. The van der Waals surface area contributed by atoms with Crippen LogP contribution in [0.15, 0.2) is 47.4 Å². The normalized spacial score (nSPS) is 20.3. The van der Waals surface area contributed by atoms with Crippen LogP contribution in [-0.4, -0.2) is 30.9 Å². The van der Waals surface area contributed by atoms with Crippen LogP contribution in [0, 0.1) is 11.8 Å². The molecule has 0 unspecified atom stereocenters. The van der Waals surface area contributed by atoms with E-state index in [0.717, 1.165) is 6.42 Å². The summed E-state index contributed by atoms with van der Waals surface area (Å²) >= 11 is 17.3. The zero-order chi connectivity index (χ0) is 21.2. The number of nitrogens with one attached hydrogen (secondary N) is 2. The minimum atomic E-state index is -3.50. The van der Waals surface area contributed by atoms with Crippen molar-refractivity contribution in [2.24, 2.45) is 11.8 Å². The van der Waals surface area contributed by atoms with Crippen LogP contribution in [0.3, 0.4) is 0 Å². The van der Waals surface area contributed by atoms with E-state index in [2.05, 4.69) is 24.5 Å². The summed E-state index contributed by atoms with van der Waals surface area (Å²) in [6.45, 7) is 5.29. The third-order valence-corrected chi connectivity index (χ3v) is 7.36. The highest BCUT2D eigenvalue weighted by atomic mass is 35.5. The number of hydrogen-bond acceptors (Lipinski definition) is 3. The van der Waals surface area contributed by atoms with E-state index in [0.29, 0.717) is 51.5 Å². The van der Waals surface area contributed by atoms with Crippen molar-refractivity contribution >= 4 is 61.9 Å². The third kappa shape index (κ3) is 5.61. The van der Waals surface area contributed by atoms with E-state index in [9.17, 15) is 8.42 Å². The molecule has 2 aromatic carbocycles. The molecule has 1 saturated heterocycles. The molecule has 9 heteroatoms. The minimum absolute atomic E-state index is 0.281. The molecule has 2 N–H and O–H groups in total. The van der Waals surface area contributed by atoms with Crippen molar-refractivity contribution in [1.82, 2.24) is 4.31 Å². The Kier molecular flexibility index (Phi) is 7.06. The molecule has 29 heavy (non-hydrogen) atoms. The average Bonchev–Trinajstić information content (AvgIpc) is 2.64. The molecule has 2 aromatic rings. The molecular formula is C20H23Cl2N3O2S2. The Balaban J connectivity index is 1.67. The third-order valence-electron chi connectivity index (χ3n) is 4.76. The van der Waals surface area contributed by atoms with Gasteiger partial charge in [-0.2, -0.15) is 4.31 Å². The van der Waals surface area contributed by atoms with Gasteiger partial charge < -0.3 is 10.6 Å². The van der Waals surface area contributed by atoms with Crippen molar-refractivity contribution in [2.75, 3.05) is 23.7 Å². The molecule has 2 atom stereocenters. The SMILES string of the molecule is C[C@H]1C[C@H](C)CN(S(=O)(=O)c2ccc(NC(=S)Nc3ccc(Cl)cc3Cl)cc2)C1. The van der Waals surface area contributed by atoms with Crippen LogP contribution in [0.25, 0.3) is 0 Å². The topological polar surface area (TPSA) is 61.4 Å². The Hall–Kier alpha value is -1.38. The van der Waals surface area contributed by atoms with Gasteiger partial charge in [-0.1, -0.05) is 37.0 Å². The van der Waals surface area contributed by atoms with Crippen molar-refractivity contribution in [1.29, 1.82) is 0 Å². The highest BCUT2D eigenvalue weighted by Gasteiger charge is 2.31. The highest BCUT2D eigenvalue weighted by molar-refractivity contribution is 7.89. The number of piperidine rings is 1. The first-order valence-corrected chi connectivity index (χ1v) is 11.9. The van der Waals surface area contributed by atoms with Crippen LogP contribution in [0.5, 0.6) is 0 Å². The zero-order valence-electron chi connectivity index (χ0n) is 16.2. The maximum atomic E-state index is 13.0. The Bertz CT molecular complexity index is 987. The largest absolute Gasteiger partial charge is 0.332 e. The van der Waals surface area contributed by atoms with Gasteiger partial charge in [0.05, 0.1) is 15.6 Å². The lowest BCUT2D eigenvalue weighted by molar-refractivity contribution is 0.222. The van der Waals surface area contributed by atoms with Gasteiger partial charge in [0.2, 0.25) is 10.0 Å². The lowest BCUT2D eigenvalue weighted by Crippen LogP contribution is -2.42. The fourth-order valence-corrected chi connectivity index (χ4v) is 5.90. The standard InChI is InChI=1S/C20H23Cl2N3O2S2/c1-13-9-14(2)12-25(11-13)29(26,27)17-6-4-16(5-7-17)23-20(28)24-19-8-3-15(21)10-18(19)22/h3-8,10,13-14H,9,11-12H2,1-2H3,(H2,23,24,28)/t13-,14-/m0/s1.